The summed E-state index contributed by atoms with van der Waals surface area (Å²) in [7, 11) is 1.46. The van der Waals surface area contributed by atoms with E-state index in [1.54, 1.807) is 32.9 Å². The monoisotopic (exact) mass is 692 g/mol. The van der Waals surface area contributed by atoms with Gasteiger partial charge in [0.15, 0.2) is 11.5 Å². The van der Waals surface area contributed by atoms with E-state index in [0.29, 0.717) is 12.2 Å². The molecule has 8 atom stereocenters. The van der Waals surface area contributed by atoms with Gasteiger partial charge in [0.2, 0.25) is 11.8 Å². The van der Waals surface area contributed by atoms with E-state index in [1.807, 2.05) is 6.92 Å². The maximum Gasteiger partial charge on any atom is 0.408 e. The Balaban J connectivity index is 1.43. The van der Waals surface area contributed by atoms with Crippen LogP contribution in [0.15, 0.2) is 18.2 Å². The maximum atomic E-state index is 16.2. The third-order valence-corrected chi connectivity index (χ3v) is 10.8. The number of rotatable bonds is 3. The molecule has 2 unspecified atom stereocenters. The third kappa shape index (κ3) is 6.40. The van der Waals surface area contributed by atoms with Gasteiger partial charge < -0.3 is 24.4 Å². The van der Waals surface area contributed by atoms with Crippen LogP contribution in [-0.2, 0) is 20.2 Å². The third-order valence-electron chi connectivity index (χ3n) is 10.8. The van der Waals surface area contributed by atoms with E-state index in [9.17, 15) is 23.2 Å². The fourth-order valence-corrected chi connectivity index (χ4v) is 8.26. The number of carbonyl (C=O) groups excluding carboxylic acids is 3. The Bertz CT molecular complexity index is 1630. The first-order chi connectivity index (χ1) is 23.0. The van der Waals surface area contributed by atoms with E-state index >= 15 is 8.78 Å². The Hall–Kier alpha value is -3.71. The van der Waals surface area contributed by atoms with Crippen molar-refractivity contribution in [3.63, 3.8) is 0 Å². The van der Waals surface area contributed by atoms with Crippen molar-refractivity contribution >= 4 is 28.8 Å². The van der Waals surface area contributed by atoms with Crippen LogP contribution in [0.5, 0.6) is 11.6 Å². The fraction of sp³-hybridized carbons (Fsp3) is 0.686. The molecule has 4 aliphatic rings. The lowest BCUT2D eigenvalue weighted by Gasteiger charge is -2.36. The number of amides is 2. The molecule has 0 spiro atoms. The normalized spacial score (nSPS) is 32.8. The molecule has 1 saturated heterocycles. The topological polar surface area (TPSA) is 120 Å². The summed E-state index contributed by atoms with van der Waals surface area (Å²) >= 11 is 0. The van der Waals surface area contributed by atoms with Crippen molar-refractivity contribution in [2.75, 3.05) is 13.7 Å². The van der Waals surface area contributed by atoms with Crippen molar-refractivity contribution in [2.24, 2.45) is 29.1 Å². The highest BCUT2D eigenvalue weighted by atomic mass is 19.3. The summed E-state index contributed by atoms with van der Waals surface area (Å²) in [5.74, 6) is -10.6. The van der Waals surface area contributed by atoms with Gasteiger partial charge in [-0.15, -0.1) is 0 Å². The van der Waals surface area contributed by atoms with Gasteiger partial charge in [-0.25, -0.2) is 23.5 Å². The maximum absolute atomic E-state index is 16.2. The number of alkyl carbamates (subject to hydrolysis) is 1. The Morgan fingerprint density at radius 3 is 2.47 bits per heavy atom. The number of nitrogens with zero attached hydrogens (tertiary/aromatic N) is 3. The Kier molecular flexibility index (Phi) is 9.00. The summed E-state index contributed by atoms with van der Waals surface area (Å²) in [6, 6.07) is 2.51. The Morgan fingerprint density at radius 1 is 1.08 bits per heavy atom. The minimum Gasteiger partial charge on any atom is -0.497 e. The Labute approximate surface area is 282 Å². The second-order valence-corrected chi connectivity index (χ2v) is 15.1. The smallest absolute Gasteiger partial charge is 0.408 e. The number of nitrogens with one attached hydrogen (secondary N) is 1. The van der Waals surface area contributed by atoms with Gasteiger partial charge in [-0.3, -0.25) is 9.59 Å². The summed E-state index contributed by atoms with van der Waals surface area (Å²) in [6.07, 6.45) is -2.69. The van der Waals surface area contributed by atoms with Crippen molar-refractivity contribution < 1.29 is 46.2 Å². The summed E-state index contributed by atoms with van der Waals surface area (Å²) < 4.78 is 78.8. The molecule has 2 amide bonds. The van der Waals surface area contributed by atoms with E-state index < -0.39 is 95.2 Å². The highest BCUT2D eigenvalue weighted by molar-refractivity contribution is 5.92. The lowest BCUT2D eigenvalue weighted by atomic mass is 9.85. The number of carbonyl (C=O) groups is 3. The second kappa shape index (κ2) is 12.6. The molecule has 2 saturated carbocycles. The Morgan fingerprint density at radius 2 is 1.82 bits per heavy atom. The zero-order valence-corrected chi connectivity index (χ0v) is 28.6. The standard InChI is InChI=1S/C35H44F4N4O6/c1-7-19-25-16-43(27(19)17(2)44)31(45)29(33(3,4)5)42-32(46)49-24-15-21-26(35(21,38)39)20(24)10-8-9-13-34(36,37)28-30(48-25)41-23-14-18(47-6)11-12-22(23)40-28/h11-12,14,19-21,24-27,29H,7-10,13,15-16H2,1-6H3,(H,42,46)/t19-,20+,21?,24-,25+,26?,27-,29-/m1/s1. The molecule has 3 fully saturated rings. The molecule has 1 aromatic heterocycles. The van der Waals surface area contributed by atoms with E-state index in [4.69, 9.17) is 14.2 Å². The number of Topliss-reactive ketones (excluding diaryl/α,β-unsaturated/α-hetero) is 1. The number of fused-ring (bicyclic) bond motifs is 7. The molecule has 0 radical (unpaired) electrons. The van der Waals surface area contributed by atoms with Crippen LogP contribution in [0.3, 0.4) is 0 Å². The van der Waals surface area contributed by atoms with Crippen LogP contribution < -0.4 is 14.8 Å². The number of benzene rings is 1. The first kappa shape index (κ1) is 35.1. The number of aromatic nitrogens is 2. The molecule has 10 nitrogen and oxygen atoms in total. The lowest BCUT2D eigenvalue weighted by molar-refractivity contribution is -0.141. The van der Waals surface area contributed by atoms with Gasteiger partial charge in [-0.05, 0) is 50.2 Å². The number of hydrogen-bond donors (Lipinski definition) is 1. The molecule has 2 aliphatic carbocycles. The minimum atomic E-state index is -3.52. The number of alkyl halides is 4. The summed E-state index contributed by atoms with van der Waals surface area (Å²) in [5.41, 5.74) is -1.10. The lowest BCUT2D eigenvalue weighted by Crippen LogP contribution is -2.57. The van der Waals surface area contributed by atoms with Crippen LogP contribution in [0, 0.1) is 29.1 Å². The predicted molar refractivity (Wildman–Crippen MR) is 170 cm³/mol. The van der Waals surface area contributed by atoms with Crippen molar-refractivity contribution in [1.82, 2.24) is 20.2 Å². The molecule has 2 aliphatic heterocycles. The van der Waals surface area contributed by atoms with Crippen LogP contribution in [0.25, 0.3) is 11.0 Å². The van der Waals surface area contributed by atoms with Crippen LogP contribution in [0.2, 0.25) is 0 Å². The largest absolute Gasteiger partial charge is 0.497 e. The number of hydrogen-bond acceptors (Lipinski definition) is 8. The first-order valence-electron chi connectivity index (χ1n) is 17.0. The van der Waals surface area contributed by atoms with E-state index in [0.717, 1.165) is 0 Å². The molecule has 1 aromatic carbocycles. The van der Waals surface area contributed by atoms with Crippen molar-refractivity contribution in [3.05, 3.63) is 23.9 Å². The first-order valence-corrected chi connectivity index (χ1v) is 17.0. The number of methoxy groups -OCH3 is 1. The number of halogens is 4. The highest BCUT2D eigenvalue weighted by Crippen LogP contribution is 2.68. The molecule has 49 heavy (non-hydrogen) atoms. The van der Waals surface area contributed by atoms with Gasteiger partial charge in [0, 0.05) is 36.2 Å². The highest BCUT2D eigenvalue weighted by Gasteiger charge is 2.76. The van der Waals surface area contributed by atoms with Crippen LogP contribution in [-0.4, -0.2) is 76.5 Å². The molecule has 2 aromatic rings. The number of ketones is 1. The summed E-state index contributed by atoms with van der Waals surface area (Å²) in [4.78, 5) is 50.9. The van der Waals surface area contributed by atoms with Crippen molar-refractivity contribution in [3.8, 4) is 11.6 Å². The van der Waals surface area contributed by atoms with Gasteiger partial charge in [0.05, 0.1) is 30.7 Å². The van der Waals surface area contributed by atoms with Crippen LogP contribution in [0.1, 0.15) is 78.8 Å². The average Bonchev–Trinajstić information content (AvgIpc) is 3.30. The zero-order chi connectivity index (χ0) is 35.6. The second-order valence-electron chi connectivity index (χ2n) is 15.1. The van der Waals surface area contributed by atoms with Gasteiger partial charge in [-0.2, -0.15) is 8.78 Å². The molecule has 268 valence electrons. The van der Waals surface area contributed by atoms with E-state index in [2.05, 4.69) is 15.3 Å². The summed E-state index contributed by atoms with van der Waals surface area (Å²) in [5, 5.41) is 2.68. The molecular weight excluding hydrogens is 648 g/mol. The van der Waals surface area contributed by atoms with Crippen LogP contribution in [0.4, 0.5) is 22.4 Å². The van der Waals surface area contributed by atoms with Crippen LogP contribution >= 0.6 is 0 Å². The zero-order valence-electron chi connectivity index (χ0n) is 28.6. The van der Waals surface area contributed by atoms with Crippen molar-refractivity contribution in [1.29, 1.82) is 0 Å². The molecule has 3 heterocycles. The van der Waals surface area contributed by atoms with Crippen molar-refractivity contribution in [2.45, 2.75) is 109 Å². The SMILES string of the molecule is CC[C@@H]1[C@@H]2CN(C(=O)[C@H](C(C)(C)C)NC(=O)O[C@@H]3CC4C([C@H]3CCCCC(F)(F)c3nc5ccc(OC)cc5nc3O2)C4(F)F)[C@@H]1C(C)=O. The molecule has 14 heteroatoms. The fourth-order valence-electron chi connectivity index (χ4n) is 8.26. The van der Waals surface area contributed by atoms with Gasteiger partial charge in [0.25, 0.3) is 11.8 Å². The molecule has 2 bridgehead atoms. The van der Waals surface area contributed by atoms with Gasteiger partial charge in [0.1, 0.15) is 24.0 Å². The van der Waals surface area contributed by atoms with Gasteiger partial charge in [-0.1, -0.05) is 34.1 Å². The predicted octanol–water partition coefficient (Wildman–Crippen LogP) is 6.29. The molecule has 6 rings (SSSR count). The summed E-state index contributed by atoms with van der Waals surface area (Å²) in [6.45, 7) is 8.25. The average molecular weight is 693 g/mol. The quantitative estimate of drug-likeness (QED) is 0.373. The van der Waals surface area contributed by atoms with Gasteiger partial charge >= 0.3 is 6.09 Å². The minimum absolute atomic E-state index is 0.0189. The van der Waals surface area contributed by atoms with E-state index in [1.165, 1.54) is 25.0 Å². The molecular formula is C35H44F4N4O6. The number of ether oxygens (including phenoxy) is 3. The molecule has 1 N–H and O–H groups in total. The van der Waals surface area contributed by atoms with E-state index in [-0.39, 0.29) is 49.0 Å².